The maximum atomic E-state index is 13.4. The molecule has 0 aromatic heterocycles. The van der Waals surface area contributed by atoms with Gasteiger partial charge < -0.3 is 4.74 Å². The fourth-order valence-electron chi connectivity index (χ4n) is 4.19. The molecular weight excluding hydrogens is 368 g/mol. The second kappa shape index (κ2) is 8.76. The number of amides is 2. The average Bonchev–Trinajstić information content (AvgIpc) is 3.33. The quantitative estimate of drug-likeness (QED) is 0.743. The van der Waals surface area contributed by atoms with Crippen LogP contribution in [-0.4, -0.2) is 41.2 Å². The average molecular weight is 394 g/mol. The summed E-state index contributed by atoms with van der Waals surface area (Å²) in [6.45, 7) is 3.19. The van der Waals surface area contributed by atoms with Crippen LogP contribution >= 0.6 is 0 Å². The second-order valence-electron chi connectivity index (χ2n) is 7.48. The highest BCUT2D eigenvalue weighted by molar-refractivity contribution is 5.95. The van der Waals surface area contributed by atoms with E-state index in [4.69, 9.17) is 9.57 Å². The lowest BCUT2D eigenvalue weighted by Crippen LogP contribution is -2.42. The van der Waals surface area contributed by atoms with Crippen LogP contribution in [0.15, 0.2) is 60.7 Å². The highest BCUT2D eigenvalue weighted by Gasteiger charge is 2.50. The molecular formula is C23H26N2O4. The first-order valence-electron chi connectivity index (χ1n) is 10.2. The minimum absolute atomic E-state index is 0.213. The van der Waals surface area contributed by atoms with Crippen molar-refractivity contribution >= 4 is 12.0 Å². The molecule has 2 aromatic carbocycles. The molecule has 6 heteroatoms. The summed E-state index contributed by atoms with van der Waals surface area (Å²) in [5, 5.41) is 1.91. The Morgan fingerprint density at radius 3 is 2.38 bits per heavy atom. The Morgan fingerprint density at radius 2 is 1.76 bits per heavy atom. The van der Waals surface area contributed by atoms with E-state index in [-0.39, 0.29) is 24.7 Å². The number of ether oxygens (including phenoxy) is 1. The van der Waals surface area contributed by atoms with E-state index < -0.39 is 12.0 Å². The highest BCUT2D eigenvalue weighted by Crippen LogP contribution is 2.43. The predicted octanol–water partition coefficient (Wildman–Crippen LogP) is 3.94. The zero-order chi connectivity index (χ0) is 20.2. The van der Waals surface area contributed by atoms with Gasteiger partial charge in [0.25, 0.3) is 0 Å². The Hall–Kier alpha value is -2.70. The van der Waals surface area contributed by atoms with Gasteiger partial charge >= 0.3 is 6.09 Å². The number of imide groups is 1. The van der Waals surface area contributed by atoms with Crippen LogP contribution in [0, 0.1) is 5.92 Å². The SMILES string of the molecule is CCC[C@H]1ON(Cc2ccccc2)[C@@H](c2ccccc2)[C@@H]1C(=O)N1CCOC1=O. The van der Waals surface area contributed by atoms with Crippen molar-refractivity contribution in [3.8, 4) is 0 Å². The molecule has 2 aliphatic rings. The van der Waals surface area contributed by atoms with E-state index in [1.807, 2.05) is 65.7 Å². The molecule has 2 fully saturated rings. The molecule has 0 bridgehead atoms. The first-order valence-corrected chi connectivity index (χ1v) is 10.2. The number of carbonyl (C=O) groups is 2. The third kappa shape index (κ3) is 4.04. The van der Waals surface area contributed by atoms with Crippen LogP contribution in [-0.2, 0) is 20.9 Å². The number of cyclic esters (lactones) is 1. The van der Waals surface area contributed by atoms with Gasteiger partial charge in [0.05, 0.1) is 24.6 Å². The third-order valence-electron chi connectivity index (χ3n) is 5.53. The molecule has 0 unspecified atom stereocenters. The van der Waals surface area contributed by atoms with Crippen molar-refractivity contribution in [1.82, 2.24) is 9.96 Å². The fourth-order valence-corrected chi connectivity index (χ4v) is 4.19. The lowest BCUT2D eigenvalue weighted by Gasteiger charge is -2.27. The van der Waals surface area contributed by atoms with Crippen molar-refractivity contribution in [3.05, 3.63) is 71.8 Å². The minimum Gasteiger partial charge on any atom is -0.447 e. The van der Waals surface area contributed by atoms with E-state index in [1.54, 1.807) is 0 Å². The molecule has 0 radical (unpaired) electrons. The molecule has 0 aliphatic carbocycles. The van der Waals surface area contributed by atoms with Crippen LogP contribution in [0.1, 0.15) is 36.9 Å². The molecule has 2 aliphatic heterocycles. The largest absolute Gasteiger partial charge is 0.447 e. The van der Waals surface area contributed by atoms with E-state index >= 15 is 0 Å². The zero-order valence-electron chi connectivity index (χ0n) is 16.6. The Morgan fingerprint density at radius 1 is 1.07 bits per heavy atom. The van der Waals surface area contributed by atoms with Gasteiger partial charge in [0.2, 0.25) is 5.91 Å². The van der Waals surface area contributed by atoms with E-state index in [1.165, 1.54) is 4.90 Å². The van der Waals surface area contributed by atoms with Crippen LogP contribution in [0.2, 0.25) is 0 Å². The number of hydroxylamine groups is 2. The molecule has 2 saturated heterocycles. The Bertz CT molecular complexity index is 842. The van der Waals surface area contributed by atoms with E-state index in [9.17, 15) is 9.59 Å². The lowest BCUT2D eigenvalue weighted by molar-refractivity contribution is -0.172. The van der Waals surface area contributed by atoms with Crippen LogP contribution < -0.4 is 0 Å². The van der Waals surface area contributed by atoms with Gasteiger partial charge in [0.1, 0.15) is 6.61 Å². The molecule has 4 rings (SSSR count). The summed E-state index contributed by atoms with van der Waals surface area (Å²) >= 11 is 0. The molecule has 0 N–H and O–H groups in total. The third-order valence-corrected chi connectivity index (χ3v) is 5.53. The van der Waals surface area contributed by atoms with E-state index in [0.29, 0.717) is 13.1 Å². The van der Waals surface area contributed by atoms with Gasteiger partial charge in [-0.3, -0.25) is 9.63 Å². The number of benzene rings is 2. The molecule has 0 saturated carbocycles. The number of nitrogens with zero attached hydrogens (tertiary/aromatic N) is 2. The molecule has 3 atom stereocenters. The van der Waals surface area contributed by atoms with Gasteiger partial charge in [-0.05, 0) is 17.5 Å². The van der Waals surface area contributed by atoms with Gasteiger partial charge in [-0.1, -0.05) is 74.0 Å². The van der Waals surface area contributed by atoms with Crippen LogP contribution in [0.3, 0.4) is 0 Å². The summed E-state index contributed by atoms with van der Waals surface area (Å²) < 4.78 is 5.02. The van der Waals surface area contributed by atoms with Crippen molar-refractivity contribution in [2.75, 3.05) is 13.2 Å². The molecule has 0 spiro atoms. The first kappa shape index (κ1) is 19.6. The van der Waals surface area contributed by atoms with Crippen molar-refractivity contribution < 1.29 is 19.2 Å². The second-order valence-corrected chi connectivity index (χ2v) is 7.48. The van der Waals surface area contributed by atoms with Crippen molar-refractivity contribution in [3.63, 3.8) is 0 Å². The maximum absolute atomic E-state index is 13.4. The fraction of sp³-hybridized carbons (Fsp3) is 0.391. The molecule has 152 valence electrons. The molecule has 2 aromatic rings. The molecule has 29 heavy (non-hydrogen) atoms. The highest BCUT2D eigenvalue weighted by atomic mass is 16.7. The standard InChI is InChI=1S/C23H26N2O4/c1-2-9-19-20(22(26)24-14-15-28-23(24)27)21(18-12-7-4-8-13-18)25(29-19)16-17-10-5-3-6-11-17/h3-8,10-13,19-21H,2,9,14-16H2,1H3/t19-,20-,21+/m1/s1. The van der Waals surface area contributed by atoms with Gasteiger partial charge in [-0.15, -0.1) is 0 Å². The van der Waals surface area contributed by atoms with E-state index in [2.05, 4.69) is 6.92 Å². The van der Waals surface area contributed by atoms with Gasteiger partial charge in [0, 0.05) is 6.54 Å². The number of hydrogen-bond acceptors (Lipinski definition) is 5. The van der Waals surface area contributed by atoms with Crippen LogP contribution in [0.5, 0.6) is 0 Å². The van der Waals surface area contributed by atoms with Crippen LogP contribution in [0.4, 0.5) is 4.79 Å². The summed E-state index contributed by atoms with van der Waals surface area (Å²) in [5.74, 6) is -0.679. The van der Waals surface area contributed by atoms with Gasteiger partial charge in [-0.2, -0.15) is 5.06 Å². The summed E-state index contributed by atoms with van der Waals surface area (Å²) in [6.07, 6.45) is 0.793. The monoisotopic (exact) mass is 394 g/mol. The molecule has 2 amide bonds. The zero-order valence-corrected chi connectivity index (χ0v) is 16.6. The van der Waals surface area contributed by atoms with Gasteiger partial charge in [0.15, 0.2) is 0 Å². The Labute approximate surface area is 171 Å². The topological polar surface area (TPSA) is 59.1 Å². The summed E-state index contributed by atoms with van der Waals surface area (Å²) in [5.41, 5.74) is 2.12. The summed E-state index contributed by atoms with van der Waals surface area (Å²) in [4.78, 5) is 33.1. The Kier molecular flexibility index (Phi) is 5.92. The number of rotatable bonds is 6. The maximum Gasteiger partial charge on any atom is 0.416 e. The minimum atomic E-state index is -0.557. The van der Waals surface area contributed by atoms with Crippen molar-refractivity contribution in [1.29, 1.82) is 0 Å². The van der Waals surface area contributed by atoms with Crippen LogP contribution in [0.25, 0.3) is 0 Å². The molecule has 6 nitrogen and oxygen atoms in total. The first-order chi connectivity index (χ1) is 14.2. The summed E-state index contributed by atoms with van der Waals surface area (Å²) in [7, 11) is 0. The Balaban J connectivity index is 1.70. The number of hydrogen-bond donors (Lipinski definition) is 0. The summed E-state index contributed by atoms with van der Waals surface area (Å²) in [6, 6.07) is 19.7. The lowest BCUT2D eigenvalue weighted by atomic mass is 9.86. The normalized spacial score (nSPS) is 24.7. The predicted molar refractivity (Wildman–Crippen MR) is 108 cm³/mol. The molecule has 2 heterocycles. The van der Waals surface area contributed by atoms with Crippen molar-refractivity contribution in [2.45, 2.75) is 38.5 Å². The number of carbonyl (C=O) groups excluding carboxylic acids is 2. The smallest absolute Gasteiger partial charge is 0.416 e. The van der Waals surface area contributed by atoms with Crippen molar-refractivity contribution in [2.24, 2.45) is 5.92 Å². The van der Waals surface area contributed by atoms with E-state index in [0.717, 1.165) is 24.0 Å². The van der Waals surface area contributed by atoms with Gasteiger partial charge in [-0.25, -0.2) is 9.69 Å².